The van der Waals surface area contributed by atoms with Crippen LogP contribution in [0.5, 0.6) is 0 Å². The molecule has 0 unspecified atom stereocenters. The molecule has 2 aromatic heterocycles. The van der Waals surface area contributed by atoms with Gasteiger partial charge in [0.25, 0.3) is 5.91 Å². The van der Waals surface area contributed by atoms with Crippen molar-refractivity contribution in [1.82, 2.24) is 25.5 Å². The van der Waals surface area contributed by atoms with Crippen LogP contribution in [0.3, 0.4) is 0 Å². The molecule has 0 radical (unpaired) electrons. The van der Waals surface area contributed by atoms with E-state index in [0.717, 1.165) is 16.8 Å². The molecule has 5 N–H and O–H groups in total. The third-order valence-corrected chi connectivity index (χ3v) is 7.18. The number of hydrogen-bond acceptors (Lipinski definition) is 7. The number of carbonyl (C=O) groups excluding carboxylic acids is 4. The number of anilines is 1. The van der Waals surface area contributed by atoms with Gasteiger partial charge in [-0.25, -0.2) is 4.98 Å². The monoisotopic (exact) mass is 613 g/mol. The van der Waals surface area contributed by atoms with E-state index in [1.54, 1.807) is 32.4 Å². The topological polar surface area (TPSA) is 159 Å². The first-order valence-corrected chi connectivity index (χ1v) is 13.5. The summed E-state index contributed by atoms with van der Waals surface area (Å²) in [6.07, 6.45) is 4.25. The van der Waals surface area contributed by atoms with Crippen LogP contribution in [0.25, 0.3) is 11.1 Å². The van der Waals surface area contributed by atoms with Crippen molar-refractivity contribution in [3.63, 3.8) is 0 Å². The molecular formula is C29H33Cl2N7O4. The van der Waals surface area contributed by atoms with E-state index < -0.39 is 23.9 Å². The Bertz CT molecular complexity index is 1420. The van der Waals surface area contributed by atoms with E-state index in [-0.39, 0.29) is 36.0 Å². The third-order valence-electron chi connectivity index (χ3n) is 6.95. The molecule has 1 aromatic carbocycles. The van der Waals surface area contributed by atoms with Gasteiger partial charge >= 0.3 is 11.8 Å². The largest absolute Gasteiger partial charge is 0.349 e. The lowest BCUT2D eigenvalue weighted by Gasteiger charge is -2.37. The second-order valence-corrected chi connectivity index (χ2v) is 10.5. The fraction of sp³-hybridized carbons (Fsp3) is 0.310. The van der Waals surface area contributed by atoms with E-state index in [1.165, 1.54) is 23.2 Å². The van der Waals surface area contributed by atoms with Gasteiger partial charge in [0, 0.05) is 50.6 Å². The Hall–Kier alpha value is -4.06. The normalized spacial score (nSPS) is 17.8. The summed E-state index contributed by atoms with van der Waals surface area (Å²) in [4.78, 5) is 60.9. The number of aromatic nitrogens is 2. The Balaban J connectivity index is 0.00000484. The van der Waals surface area contributed by atoms with Crippen LogP contribution in [0.4, 0.5) is 5.82 Å². The number of benzene rings is 1. The van der Waals surface area contributed by atoms with Crippen molar-refractivity contribution >= 4 is 53.5 Å². The Morgan fingerprint density at radius 1 is 0.929 bits per heavy atom. The Labute approximate surface area is 255 Å². The summed E-state index contributed by atoms with van der Waals surface area (Å²) in [6, 6.07) is 12.7. The fourth-order valence-electron chi connectivity index (χ4n) is 4.78. The van der Waals surface area contributed by atoms with Crippen molar-refractivity contribution < 1.29 is 19.2 Å². The minimum atomic E-state index is -0.902. The lowest BCUT2D eigenvalue weighted by molar-refractivity contribution is -0.137. The van der Waals surface area contributed by atoms with Gasteiger partial charge in [0.15, 0.2) is 0 Å². The molecule has 1 aliphatic carbocycles. The maximum atomic E-state index is 13.3. The number of amides is 4. The third kappa shape index (κ3) is 8.25. The van der Waals surface area contributed by atoms with Crippen LogP contribution in [0.1, 0.15) is 35.3 Å². The number of pyridine rings is 2. The highest BCUT2D eigenvalue weighted by molar-refractivity contribution is 6.39. The molecule has 4 rings (SSSR count). The van der Waals surface area contributed by atoms with Gasteiger partial charge in [-0.1, -0.05) is 23.7 Å². The molecule has 1 aliphatic rings. The Kier molecular flexibility index (Phi) is 11.4. The van der Waals surface area contributed by atoms with Crippen molar-refractivity contribution in [3.8, 4) is 11.1 Å². The van der Waals surface area contributed by atoms with Crippen molar-refractivity contribution in [3.05, 3.63) is 77.2 Å². The average Bonchev–Trinajstić information content (AvgIpc) is 2.98. The van der Waals surface area contributed by atoms with Gasteiger partial charge in [-0.05, 0) is 66.8 Å². The molecular weight excluding hydrogens is 581 g/mol. The number of rotatable bonds is 7. The minimum Gasteiger partial charge on any atom is -0.349 e. The first-order chi connectivity index (χ1) is 19.6. The predicted octanol–water partition coefficient (Wildman–Crippen LogP) is 2.79. The van der Waals surface area contributed by atoms with Crippen LogP contribution in [-0.4, -0.2) is 64.7 Å². The fourth-order valence-corrected chi connectivity index (χ4v) is 4.90. The van der Waals surface area contributed by atoms with Gasteiger partial charge in [0.2, 0.25) is 5.91 Å². The minimum absolute atomic E-state index is 0. The lowest BCUT2D eigenvalue weighted by atomic mass is 9.81. The van der Waals surface area contributed by atoms with Gasteiger partial charge in [0.05, 0.1) is 16.8 Å². The molecule has 222 valence electrons. The molecule has 0 aliphatic heterocycles. The highest BCUT2D eigenvalue weighted by Crippen LogP contribution is 2.27. The number of carbonyl (C=O) groups is 4. The first-order valence-electron chi connectivity index (χ1n) is 13.2. The summed E-state index contributed by atoms with van der Waals surface area (Å²) >= 11 is 5.82. The van der Waals surface area contributed by atoms with Gasteiger partial charge in [-0.3, -0.25) is 24.2 Å². The molecule has 13 heteroatoms. The number of nitrogens with two attached hydrogens (primary N) is 1. The molecule has 0 bridgehead atoms. The zero-order valence-electron chi connectivity index (χ0n) is 23.2. The number of nitrogens with zero attached hydrogens (tertiary/aromatic N) is 3. The van der Waals surface area contributed by atoms with E-state index in [4.69, 9.17) is 17.3 Å². The summed E-state index contributed by atoms with van der Waals surface area (Å²) < 4.78 is 0. The van der Waals surface area contributed by atoms with Gasteiger partial charge in [0.1, 0.15) is 5.82 Å². The second kappa shape index (κ2) is 14.7. The molecule has 3 atom stereocenters. The Morgan fingerprint density at radius 3 is 2.31 bits per heavy atom. The van der Waals surface area contributed by atoms with Crippen molar-refractivity contribution in [2.45, 2.75) is 37.9 Å². The maximum Gasteiger partial charge on any atom is 0.314 e. The van der Waals surface area contributed by atoms with E-state index >= 15 is 0 Å². The molecule has 1 fully saturated rings. The quantitative estimate of drug-likeness (QED) is 0.298. The van der Waals surface area contributed by atoms with Crippen LogP contribution in [-0.2, 0) is 20.9 Å². The van der Waals surface area contributed by atoms with Crippen LogP contribution in [0, 0.1) is 5.92 Å². The highest BCUT2D eigenvalue weighted by Gasteiger charge is 2.37. The number of halogens is 2. The smallest absolute Gasteiger partial charge is 0.314 e. The standard InChI is InChI=1S/C29H32ClN7O4.ClH/c1-37(2)29(41)20-7-9-23(34-27(39)28(40)36-25-10-8-21(30)16-33-25)24(14-20)35-26(38)18-5-3-17(4-6-18)19-11-12-32-22(13-19)15-31;/h3-6,8,10-13,16,20,23-24H,7,9,14-15,31H2,1-2H3,(H,34,39)(H,35,38)(H,33,36,40);1H/t20-,23-,24+;/m0./s1. The molecule has 4 amide bonds. The van der Waals surface area contributed by atoms with Gasteiger partial charge in [-0.2, -0.15) is 0 Å². The summed E-state index contributed by atoms with van der Waals surface area (Å²) in [5.74, 6) is -2.34. The van der Waals surface area contributed by atoms with Crippen LogP contribution < -0.4 is 21.7 Å². The molecule has 1 saturated carbocycles. The van der Waals surface area contributed by atoms with Crippen LogP contribution in [0.15, 0.2) is 60.9 Å². The molecule has 42 heavy (non-hydrogen) atoms. The van der Waals surface area contributed by atoms with E-state index in [0.29, 0.717) is 36.4 Å². The molecule has 0 spiro atoms. The summed E-state index contributed by atoms with van der Waals surface area (Å²) in [7, 11) is 3.36. The summed E-state index contributed by atoms with van der Waals surface area (Å²) in [5.41, 5.74) is 8.70. The SMILES string of the molecule is CN(C)C(=O)[C@H]1CC[C@H](NC(=O)C(=O)Nc2ccc(Cl)cn2)[C@H](NC(=O)c2ccc(-c3ccnc(CN)c3)cc2)C1.Cl. The van der Waals surface area contributed by atoms with Crippen LogP contribution >= 0.6 is 24.0 Å². The Morgan fingerprint density at radius 2 is 1.67 bits per heavy atom. The zero-order chi connectivity index (χ0) is 29.5. The molecule has 11 nitrogen and oxygen atoms in total. The van der Waals surface area contributed by atoms with Gasteiger partial charge < -0.3 is 26.6 Å². The molecule has 3 aromatic rings. The predicted molar refractivity (Wildman–Crippen MR) is 162 cm³/mol. The average molecular weight is 615 g/mol. The number of nitrogens with one attached hydrogen (secondary N) is 3. The van der Waals surface area contributed by atoms with Crippen molar-refractivity contribution in [2.24, 2.45) is 11.7 Å². The van der Waals surface area contributed by atoms with E-state index in [1.807, 2.05) is 24.3 Å². The van der Waals surface area contributed by atoms with Crippen molar-refractivity contribution in [2.75, 3.05) is 19.4 Å². The van der Waals surface area contributed by atoms with E-state index in [9.17, 15) is 19.2 Å². The van der Waals surface area contributed by atoms with E-state index in [2.05, 4.69) is 25.9 Å². The van der Waals surface area contributed by atoms with Gasteiger partial charge in [-0.15, -0.1) is 12.4 Å². The van der Waals surface area contributed by atoms with Crippen LogP contribution in [0.2, 0.25) is 5.02 Å². The zero-order valence-corrected chi connectivity index (χ0v) is 24.7. The van der Waals surface area contributed by atoms with Crippen molar-refractivity contribution in [1.29, 1.82) is 0 Å². The lowest BCUT2D eigenvalue weighted by Crippen LogP contribution is -2.57. The molecule has 2 heterocycles. The molecule has 0 saturated heterocycles. The highest BCUT2D eigenvalue weighted by atomic mass is 35.5. The maximum absolute atomic E-state index is 13.3. The first kappa shape index (κ1) is 32.5. The summed E-state index contributed by atoms with van der Waals surface area (Å²) in [6.45, 7) is 0.324. The number of hydrogen-bond donors (Lipinski definition) is 4. The summed E-state index contributed by atoms with van der Waals surface area (Å²) in [5, 5.41) is 8.52. The second-order valence-electron chi connectivity index (χ2n) is 10.0.